The Morgan fingerprint density at radius 2 is 1.87 bits per heavy atom. The fourth-order valence-electron chi connectivity index (χ4n) is 3.35. The van der Waals surface area contributed by atoms with Gasteiger partial charge in [-0.15, -0.1) is 0 Å². The van der Waals surface area contributed by atoms with E-state index in [0.29, 0.717) is 0 Å². The van der Waals surface area contributed by atoms with E-state index in [0.717, 1.165) is 5.56 Å². The van der Waals surface area contributed by atoms with Gasteiger partial charge >= 0.3 is 0 Å². The molecular weight excluding hydrogens is 390 g/mol. The molecule has 3 aromatic rings. The number of benzene rings is 1. The predicted octanol–water partition coefficient (Wildman–Crippen LogP) is 0.0399. The molecule has 10 heteroatoms. The molecule has 3 heterocycles. The van der Waals surface area contributed by atoms with E-state index < -0.39 is 36.7 Å². The average molecular weight is 411 g/mol. The zero-order valence-electron chi connectivity index (χ0n) is 15.8. The normalized spacial score (nSPS) is 24.5. The zero-order valence-corrected chi connectivity index (χ0v) is 15.8. The van der Waals surface area contributed by atoms with Crippen LogP contribution in [0, 0.1) is 0 Å². The Labute approximate surface area is 170 Å². The van der Waals surface area contributed by atoms with Gasteiger partial charge in [0.15, 0.2) is 17.4 Å². The van der Waals surface area contributed by atoms with Crippen molar-refractivity contribution in [2.45, 2.75) is 24.5 Å². The summed E-state index contributed by atoms with van der Waals surface area (Å²) in [5.74, 6) is 0.140. The maximum Gasteiger partial charge on any atom is 0.280 e. The van der Waals surface area contributed by atoms with Crippen LogP contribution in [0.1, 0.15) is 17.6 Å². The van der Waals surface area contributed by atoms with Crippen LogP contribution in [0.4, 0.5) is 5.95 Å². The Balaban J connectivity index is 1.76. The molecule has 4 atom stereocenters. The van der Waals surface area contributed by atoms with Crippen LogP contribution >= 0.6 is 0 Å². The first-order valence-electron chi connectivity index (χ1n) is 9.29. The van der Waals surface area contributed by atoms with E-state index in [1.165, 1.54) is 4.57 Å². The van der Waals surface area contributed by atoms with Crippen LogP contribution in [0.15, 0.2) is 47.3 Å². The second kappa shape index (κ2) is 8.20. The number of H-pyrrole nitrogens is 1. The number of aromatic nitrogens is 4. The van der Waals surface area contributed by atoms with Crippen molar-refractivity contribution in [2.75, 3.05) is 12.3 Å². The summed E-state index contributed by atoms with van der Waals surface area (Å²) in [6, 6.07) is 9.67. The molecule has 0 aliphatic carbocycles. The van der Waals surface area contributed by atoms with E-state index in [9.17, 15) is 20.1 Å². The Kier molecular flexibility index (Phi) is 5.46. The Hall–Kier alpha value is -3.31. The number of rotatable bonds is 5. The molecule has 0 amide bonds. The fraction of sp³-hybridized carbons (Fsp3) is 0.250. The molecule has 156 valence electrons. The first-order chi connectivity index (χ1) is 14.5. The number of ether oxygens (including phenoxy) is 1. The quantitative estimate of drug-likeness (QED) is 0.368. The Morgan fingerprint density at radius 3 is 2.57 bits per heavy atom. The van der Waals surface area contributed by atoms with Crippen molar-refractivity contribution in [1.82, 2.24) is 19.5 Å². The predicted molar refractivity (Wildman–Crippen MR) is 110 cm³/mol. The van der Waals surface area contributed by atoms with Gasteiger partial charge in [0.05, 0.1) is 6.61 Å². The molecule has 6 N–H and O–H groups in total. The second-order valence-corrected chi connectivity index (χ2v) is 6.82. The number of aromatic amines is 1. The number of allylic oxidation sites excluding steroid dienone is 2. The van der Waals surface area contributed by atoms with Gasteiger partial charge in [-0.1, -0.05) is 48.6 Å². The van der Waals surface area contributed by atoms with E-state index in [2.05, 4.69) is 15.0 Å². The van der Waals surface area contributed by atoms with Crippen LogP contribution in [-0.2, 0) is 4.74 Å². The number of nitrogens with one attached hydrogen (secondary N) is 1. The monoisotopic (exact) mass is 411 g/mol. The molecule has 30 heavy (non-hydrogen) atoms. The average Bonchev–Trinajstić information content (AvgIpc) is 3.23. The molecule has 1 saturated heterocycles. The minimum Gasteiger partial charge on any atom is -0.394 e. The van der Waals surface area contributed by atoms with Gasteiger partial charge in [-0.3, -0.25) is 14.3 Å². The standard InChI is InChI=1S/C20H21N5O5/c21-20-23-17-14(18(29)24-20)22-13(9-5-4-8-11-6-2-1-3-7-11)25(17)19-16(28)15(27)12(10-26)30-19/h1-9,12,15-16,19,26-28H,10H2,(H3,21,23,24,29)/t12-,15?,16?,19-/m1/s1. The first-order valence-corrected chi connectivity index (χ1v) is 9.29. The number of imidazole rings is 1. The van der Waals surface area contributed by atoms with E-state index >= 15 is 0 Å². The maximum atomic E-state index is 12.3. The third kappa shape index (κ3) is 3.64. The molecule has 4 rings (SSSR count). The Bertz CT molecular complexity index is 1150. The molecule has 1 aliphatic rings. The van der Waals surface area contributed by atoms with Crippen molar-refractivity contribution < 1.29 is 20.1 Å². The van der Waals surface area contributed by atoms with Crippen molar-refractivity contribution in [2.24, 2.45) is 0 Å². The van der Waals surface area contributed by atoms with Gasteiger partial charge in [-0.05, 0) is 11.6 Å². The number of nitrogens with zero attached hydrogens (tertiary/aromatic N) is 3. The van der Waals surface area contributed by atoms with E-state index in [1.807, 2.05) is 36.4 Å². The van der Waals surface area contributed by atoms with Gasteiger partial charge in [0, 0.05) is 0 Å². The van der Waals surface area contributed by atoms with Crippen molar-refractivity contribution in [1.29, 1.82) is 0 Å². The molecule has 10 nitrogen and oxygen atoms in total. The lowest BCUT2D eigenvalue weighted by Crippen LogP contribution is -2.33. The number of aliphatic hydroxyl groups is 3. The summed E-state index contributed by atoms with van der Waals surface area (Å²) >= 11 is 0. The van der Waals surface area contributed by atoms with Gasteiger partial charge < -0.3 is 25.8 Å². The summed E-state index contributed by atoms with van der Waals surface area (Å²) in [5.41, 5.74) is 6.24. The first kappa shape index (κ1) is 20.0. The number of nitrogen functional groups attached to an aromatic ring is 1. The minimum absolute atomic E-state index is 0.00799. The largest absolute Gasteiger partial charge is 0.394 e. The summed E-state index contributed by atoms with van der Waals surface area (Å²) in [5, 5.41) is 30.0. The van der Waals surface area contributed by atoms with Gasteiger partial charge in [0.25, 0.3) is 5.56 Å². The number of anilines is 1. The molecule has 1 aromatic carbocycles. The third-order valence-electron chi connectivity index (χ3n) is 4.81. The van der Waals surface area contributed by atoms with Crippen LogP contribution in [-0.4, -0.2) is 59.8 Å². The van der Waals surface area contributed by atoms with Crippen molar-refractivity contribution >= 4 is 29.3 Å². The van der Waals surface area contributed by atoms with Gasteiger partial charge in [0.1, 0.15) is 24.1 Å². The van der Waals surface area contributed by atoms with Gasteiger partial charge in [-0.2, -0.15) is 4.98 Å². The number of nitrogens with two attached hydrogens (primary N) is 1. The molecule has 0 bridgehead atoms. The lowest BCUT2D eigenvalue weighted by atomic mass is 10.1. The van der Waals surface area contributed by atoms with Crippen molar-refractivity contribution in [3.8, 4) is 0 Å². The highest BCUT2D eigenvalue weighted by Gasteiger charge is 2.44. The zero-order chi connectivity index (χ0) is 21.3. The highest BCUT2D eigenvalue weighted by molar-refractivity contribution is 5.74. The summed E-state index contributed by atoms with van der Waals surface area (Å²) in [7, 11) is 0. The van der Waals surface area contributed by atoms with E-state index in [1.54, 1.807) is 18.2 Å². The van der Waals surface area contributed by atoms with Crippen LogP contribution in [0.5, 0.6) is 0 Å². The summed E-state index contributed by atoms with van der Waals surface area (Å²) in [6.07, 6.45) is 2.22. The molecule has 1 fully saturated rings. The fourth-order valence-corrected chi connectivity index (χ4v) is 3.35. The number of hydrogen-bond donors (Lipinski definition) is 5. The van der Waals surface area contributed by atoms with Gasteiger partial charge in [-0.25, -0.2) is 4.98 Å². The number of fused-ring (bicyclic) bond motifs is 1. The van der Waals surface area contributed by atoms with Crippen LogP contribution in [0.3, 0.4) is 0 Å². The lowest BCUT2D eigenvalue weighted by Gasteiger charge is -2.18. The lowest BCUT2D eigenvalue weighted by molar-refractivity contribution is -0.0513. The number of hydrogen-bond acceptors (Lipinski definition) is 8. The van der Waals surface area contributed by atoms with Crippen LogP contribution in [0.25, 0.3) is 23.3 Å². The summed E-state index contributed by atoms with van der Waals surface area (Å²) < 4.78 is 7.00. The van der Waals surface area contributed by atoms with Crippen molar-refractivity contribution in [3.63, 3.8) is 0 Å². The van der Waals surface area contributed by atoms with Gasteiger partial charge in [0.2, 0.25) is 5.95 Å². The Morgan fingerprint density at radius 1 is 1.13 bits per heavy atom. The summed E-state index contributed by atoms with van der Waals surface area (Å²) in [4.78, 5) is 23.1. The van der Waals surface area contributed by atoms with E-state index in [4.69, 9.17) is 10.5 Å². The summed E-state index contributed by atoms with van der Waals surface area (Å²) in [6.45, 7) is -0.484. The van der Waals surface area contributed by atoms with Crippen LogP contribution < -0.4 is 11.3 Å². The second-order valence-electron chi connectivity index (χ2n) is 6.82. The minimum atomic E-state index is -1.37. The molecule has 0 saturated carbocycles. The third-order valence-corrected chi connectivity index (χ3v) is 4.81. The smallest absolute Gasteiger partial charge is 0.280 e. The molecule has 0 radical (unpaired) electrons. The highest BCUT2D eigenvalue weighted by Crippen LogP contribution is 2.32. The van der Waals surface area contributed by atoms with Crippen LogP contribution in [0.2, 0.25) is 0 Å². The van der Waals surface area contributed by atoms with Crippen molar-refractivity contribution in [3.05, 3.63) is 64.2 Å². The highest BCUT2D eigenvalue weighted by atomic mass is 16.6. The molecule has 2 aromatic heterocycles. The molecule has 1 aliphatic heterocycles. The maximum absolute atomic E-state index is 12.3. The SMILES string of the molecule is Nc1nc2c(nc(C=CC=Cc3ccccc3)n2[C@@H]2O[C@H](CO)C(O)C2O)c(=O)[nH]1. The number of aliphatic hydroxyl groups excluding tert-OH is 3. The van der Waals surface area contributed by atoms with E-state index in [-0.39, 0.29) is 22.9 Å². The topological polar surface area (TPSA) is 160 Å². The molecular formula is C20H21N5O5. The molecule has 0 spiro atoms. The molecule has 2 unspecified atom stereocenters.